The minimum Gasteiger partial charge on any atom is -0.444 e. The van der Waals surface area contributed by atoms with Crippen molar-refractivity contribution < 1.29 is 22.7 Å². The van der Waals surface area contributed by atoms with Crippen LogP contribution in [0.25, 0.3) is 0 Å². The molecule has 0 saturated carbocycles. The fourth-order valence-corrected chi connectivity index (χ4v) is 3.30. The summed E-state index contributed by atoms with van der Waals surface area (Å²) >= 11 is 0. The SMILES string of the molecule is CC(C)(C)OC(=O)N1CCN(c2ccc(S(C)(=O)=O)cc2NC=O)CC1. The van der Waals surface area contributed by atoms with Crippen molar-refractivity contribution in [2.45, 2.75) is 31.3 Å². The summed E-state index contributed by atoms with van der Waals surface area (Å²) in [6.07, 6.45) is 1.28. The Hall–Kier alpha value is -2.29. The number of piperazine rings is 1. The highest BCUT2D eigenvalue weighted by atomic mass is 32.2. The first-order chi connectivity index (χ1) is 12.0. The lowest BCUT2D eigenvalue weighted by molar-refractivity contribution is -0.105. The number of anilines is 2. The van der Waals surface area contributed by atoms with Gasteiger partial charge in [-0.05, 0) is 39.0 Å². The topological polar surface area (TPSA) is 96.0 Å². The quantitative estimate of drug-likeness (QED) is 0.796. The molecule has 1 heterocycles. The van der Waals surface area contributed by atoms with Gasteiger partial charge in [-0.2, -0.15) is 0 Å². The highest BCUT2D eigenvalue weighted by molar-refractivity contribution is 7.90. The molecule has 1 aromatic rings. The molecular weight excluding hydrogens is 358 g/mol. The van der Waals surface area contributed by atoms with Crippen LogP contribution in [0.4, 0.5) is 16.2 Å². The van der Waals surface area contributed by atoms with E-state index >= 15 is 0 Å². The molecule has 0 atom stereocenters. The lowest BCUT2D eigenvalue weighted by Crippen LogP contribution is -2.50. The van der Waals surface area contributed by atoms with Gasteiger partial charge < -0.3 is 19.9 Å². The number of ether oxygens (including phenoxy) is 1. The van der Waals surface area contributed by atoms with E-state index in [4.69, 9.17) is 4.74 Å². The van der Waals surface area contributed by atoms with Gasteiger partial charge in [-0.1, -0.05) is 0 Å². The van der Waals surface area contributed by atoms with Gasteiger partial charge in [-0.3, -0.25) is 4.79 Å². The Kier molecular flexibility index (Phi) is 5.80. The van der Waals surface area contributed by atoms with Gasteiger partial charge in [0, 0.05) is 32.4 Å². The van der Waals surface area contributed by atoms with Crippen LogP contribution in [0.2, 0.25) is 0 Å². The van der Waals surface area contributed by atoms with Crippen molar-refractivity contribution in [2.24, 2.45) is 0 Å². The van der Waals surface area contributed by atoms with E-state index in [1.165, 1.54) is 12.1 Å². The van der Waals surface area contributed by atoms with Crippen molar-refractivity contribution in [3.8, 4) is 0 Å². The Bertz CT molecular complexity index is 778. The van der Waals surface area contributed by atoms with Crippen LogP contribution < -0.4 is 10.2 Å². The summed E-state index contributed by atoms with van der Waals surface area (Å²) in [5.41, 5.74) is 0.596. The number of amides is 2. The van der Waals surface area contributed by atoms with E-state index in [0.717, 1.165) is 6.26 Å². The number of nitrogens with one attached hydrogen (secondary N) is 1. The Labute approximate surface area is 154 Å². The van der Waals surface area contributed by atoms with Gasteiger partial charge in [0.25, 0.3) is 0 Å². The fourth-order valence-electron chi connectivity index (χ4n) is 2.66. The van der Waals surface area contributed by atoms with Crippen LogP contribution in [0.15, 0.2) is 23.1 Å². The summed E-state index contributed by atoms with van der Waals surface area (Å²) in [7, 11) is -3.37. The highest BCUT2D eigenvalue weighted by Gasteiger charge is 2.27. The van der Waals surface area contributed by atoms with E-state index in [2.05, 4.69) is 5.32 Å². The first-order valence-electron chi connectivity index (χ1n) is 8.28. The number of benzene rings is 1. The van der Waals surface area contributed by atoms with Crippen LogP contribution in [-0.4, -0.2) is 63.9 Å². The largest absolute Gasteiger partial charge is 0.444 e. The zero-order chi connectivity index (χ0) is 19.5. The lowest BCUT2D eigenvalue weighted by atomic mass is 10.2. The molecule has 1 aliphatic heterocycles. The minimum absolute atomic E-state index is 0.137. The maximum absolute atomic E-state index is 12.1. The third kappa shape index (κ3) is 5.10. The van der Waals surface area contributed by atoms with Crippen molar-refractivity contribution in [3.63, 3.8) is 0 Å². The standard InChI is InChI=1S/C17H25N3O5S/c1-17(2,3)25-16(22)20-9-7-19(8-10-20)15-6-5-13(26(4,23)24)11-14(15)18-12-21/h5-6,11-12H,7-10H2,1-4H3,(H,18,21). The van der Waals surface area contributed by atoms with Crippen LogP contribution in [0.1, 0.15) is 20.8 Å². The maximum atomic E-state index is 12.1. The van der Waals surface area contributed by atoms with E-state index in [0.29, 0.717) is 44.0 Å². The van der Waals surface area contributed by atoms with E-state index in [1.54, 1.807) is 11.0 Å². The van der Waals surface area contributed by atoms with Crippen LogP contribution in [0.5, 0.6) is 0 Å². The molecule has 1 N–H and O–H groups in total. The number of hydrogen-bond donors (Lipinski definition) is 1. The molecule has 8 nitrogen and oxygen atoms in total. The minimum atomic E-state index is -3.37. The first-order valence-corrected chi connectivity index (χ1v) is 10.2. The summed E-state index contributed by atoms with van der Waals surface area (Å²) < 4.78 is 28.8. The van der Waals surface area contributed by atoms with Crippen molar-refractivity contribution in [1.29, 1.82) is 0 Å². The van der Waals surface area contributed by atoms with E-state index < -0.39 is 15.4 Å². The maximum Gasteiger partial charge on any atom is 0.410 e. The molecule has 1 fully saturated rings. The van der Waals surface area contributed by atoms with Crippen molar-refractivity contribution in [2.75, 3.05) is 42.7 Å². The first kappa shape index (κ1) is 20.0. The van der Waals surface area contributed by atoms with Crippen LogP contribution in [-0.2, 0) is 19.4 Å². The molecule has 0 aliphatic carbocycles. The molecular formula is C17H25N3O5S. The molecule has 2 rings (SSSR count). The average molecular weight is 383 g/mol. The Balaban J connectivity index is 2.13. The van der Waals surface area contributed by atoms with Gasteiger partial charge in [0.1, 0.15) is 5.60 Å². The van der Waals surface area contributed by atoms with Crippen LogP contribution in [0, 0.1) is 0 Å². The molecule has 1 aliphatic rings. The monoisotopic (exact) mass is 383 g/mol. The molecule has 144 valence electrons. The highest BCUT2D eigenvalue weighted by Crippen LogP contribution is 2.29. The van der Waals surface area contributed by atoms with E-state index in [9.17, 15) is 18.0 Å². The molecule has 2 amide bonds. The zero-order valence-electron chi connectivity index (χ0n) is 15.5. The molecule has 0 aromatic heterocycles. The Morgan fingerprint density at radius 2 is 1.81 bits per heavy atom. The van der Waals surface area contributed by atoms with Crippen LogP contribution >= 0.6 is 0 Å². The second-order valence-corrected chi connectivity index (χ2v) is 9.18. The summed E-state index contributed by atoms with van der Waals surface area (Å²) in [5.74, 6) is 0. The number of nitrogens with zero attached hydrogens (tertiary/aromatic N) is 2. The number of sulfone groups is 1. The van der Waals surface area contributed by atoms with Gasteiger partial charge in [-0.25, -0.2) is 13.2 Å². The summed E-state index contributed by atoms with van der Waals surface area (Å²) in [4.78, 5) is 26.8. The smallest absolute Gasteiger partial charge is 0.410 e. The third-order valence-corrected chi connectivity index (χ3v) is 4.99. The molecule has 0 radical (unpaired) electrons. The molecule has 0 spiro atoms. The van der Waals surface area contributed by atoms with Gasteiger partial charge in [0.15, 0.2) is 9.84 Å². The Morgan fingerprint density at radius 3 is 2.31 bits per heavy atom. The van der Waals surface area contributed by atoms with Crippen LogP contribution in [0.3, 0.4) is 0 Å². The second kappa shape index (κ2) is 7.53. The number of carbonyl (C=O) groups excluding carboxylic acids is 2. The van der Waals surface area contributed by atoms with Gasteiger partial charge in [-0.15, -0.1) is 0 Å². The summed E-state index contributed by atoms with van der Waals surface area (Å²) in [6.45, 7) is 7.51. The molecule has 1 saturated heterocycles. The van der Waals surface area contributed by atoms with Crippen molar-refractivity contribution in [3.05, 3.63) is 18.2 Å². The molecule has 26 heavy (non-hydrogen) atoms. The normalized spacial score (nSPS) is 15.5. The predicted molar refractivity (Wildman–Crippen MR) is 99.3 cm³/mol. The summed E-state index contributed by atoms with van der Waals surface area (Å²) in [6, 6.07) is 4.63. The van der Waals surface area contributed by atoms with E-state index in [-0.39, 0.29) is 11.0 Å². The molecule has 1 aromatic carbocycles. The second-order valence-electron chi connectivity index (χ2n) is 7.17. The molecule has 0 bridgehead atoms. The van der Waals surface area contributed by atoms with Crippen molar-refractivity contribution in [1.82, 2.24) is 4.90 Å². The molecule has 9 heteroatoms. The zero-order valence-corrected chi connectivity index (χ0v) is 16.3. The van der Waals surface area contributed by atoms with E-state index in [1.807, 2.05) is 25.7 Å². The molecule has 0 unspecified atom stereocenters. The number of rotatable bonds is 4. The van der Waals surface area contributed by atoms with Gasteiger partial charge in [0.05, 0.1) is 16.3 Å². The predicted octanol–water partition coefficient (Wildman–Crippen LogP) is 1.72. The fraction of sp³-hybridized carbons (Fsp3) is 0.529. The van der Waals surface area contributed by atoms with Gasteiger partial charge in [0.2, 0.25) is 6.41 Å². The average Bonchev–Trinajstić information content (AvgIpc) is 2.53. The lowest BCUT2D eigenvalue weighted by Gasteiger charge is -2.37. The third-order valence-electron chi connectivity index (χ3n) is 3.88. The Morgan fingerprint density at radius 1 is 1.19 bits per heavy atom. The number of carbonyl (C=O) groups is 2. The number of hydrogen-bond acceptors (Lipinski definition) is 6. The summed E-state index contributed by atoms with van der Waals surface area (Å²) in [5, 5.41) is 2.56. The van der Waals surface area contributed by atoms with Gasteiger partial charge >= 0.3 is 6.09 Å². The van der Waals surface area contributed by atoms with Crippen molar-refractivity contribution >= 4 is 33.7 Å².